The van der Waals surface area contributed by atoms with Crippen LogP contribution >= 0.6 is 0 Å². The maximum Gasteiger partial charge on any atom is 0.0726 e. The third-order valence-corrected chi connectivity index (χ3v) is 4.14. The van der Waals surface area contributed by atoms with Crippen molar-refractivity contribution in [3.8, 4) is 0 Å². The van der Waals surface area contributed by atoms with E-state index in [-0.39, 0.29) is 0 Å². The van der Waals surface area contributed by atoms with Gasteiger partial charge in [0, 0.05) is 44.6 Å². The van der Waals surface area contributed by atoms with Crippen molar-refractivity contribution in [1.29, 1.82) is 0 Å². The number of hydrogen-bond acceptors (Lipinski definition) is 2. The highest BCUT2D eigenvalue weighted by Crippen LogP contribution is 2.30. The molecule has 2 aliphatic rings. The summed E-state index contributed by atoms with van der Waals surface area (Å²) in [6, 6.07) is 2.87. The highest BCUT2D eigenvalue weighted by atomic mass is 16.5. The molecular weight excluding hydrogens is 200 g/mol. The van der Waals surface area contributed by atoms with Crippen molar-refractivity contribution in [1.82, 2.24) is 9.88 Å². The van der Waals surface area contributed by atoms with E-state index in [0.29, 0.717) is 12.1 Å². The van der Waals surface area contributed by atoms with Crippen molar-refractivity contribution in [3.05, 3.63) is 23.5 Å². The summed E-state index contributed by atoms with van der Waals surface area (Å²) in [5.74, 6) is 0. The van der Waals surface area contributed by atoms with Crippen molar-refractivity contribution < 1.29 is 4.74 Å². The molecule has 3 heteroatoms. The third kappa shape index (κ3) is 1.68. The first-order valence-corrected chi connectivity index (χ1v) is 6.30. The summed E-state index contributed by atoms with van der Waals surface area (Å²) in [5.41, 5.74) is 2.91. The number of ether oxygens (including phenoxy) is 1. The molecule has 88 valence electrons. The molecule has 0 saturated heterocycles. The molecule has 3 nitrogen and oxygen atoms in total. The van der Waals surface area contributed by atoms with Crippen molar-refractivity contribution >= 4 is 0 Å². The van der Waals surface area contributed by atoms with Gasteiger partial charge in [0.05, 0.1) is 6.10 Å². The molecule has 2 unspecified atom stereocenters. The topological polar surface area (TPSA) is 28.3 Å². The monoisotopic (exact) mass is 220 g/mol. The van der Waals surface area contributed by atoms with Crippen LogP contribution in [-0.4, -0.2) is 35.7 Å². The molecule has 16 heavy (non-hydrogen) atoms. The van der Waals surface area contributed by atoms with E-state index in [1.807, 2.05) is 7.11 Å². The number of nitrogens with zero attached hydrogens (tertiary/aromatic N) is 1. The molecule has 1 fully saturated rings. The van der Waals surface area contributed by atoms with Gasteiger partial charge in [0.15, 0.2) is 0 Å². The minimum absolute atomic E-state index is 0.459. The van der Waals surface area contributed by atoms with Gasteiger partial charge in [-0.05, 0) is 30.9 Å². The summed E-state index contributed by atoms with van der Waals surface area (Å²) in [4.78, 5) is 5.94. The summed E-state index contributed by atoms with van der Waals surface area (Å²) in [5, 5.41) is 0. The molecule has 0 amide bonds. The second kappa shape index (κ2) is 4.22. The van der Waals surface area contributed by atoms with E-state index in [4.69, 9.17) is 4.74 Å². The molecule has 0 aromatic carbocycles. The molecule has 2 heterocycles. The fourth-order valence-corrected chi connectivity index (χ4v) is 3.25. The van der Waals surface area contributed by atoms with E-state index >= 15 is 0 Å². The highest BCUT2D eigenvalue weighted by Gasteiger charge is 2.33. The van der Waals surface area contributed by atoms with Crippen LogP contribution in [0.5, 0.6) is 0 Å². The van der Waals surface area contributed by atoms with Gasteiger partial charge in [0.1, 0.15) is 0 Å². The zero-order valence-corrected chi connectivity index (χ0v) is 9.91. The quantitative estimate of drug-likeness (QED) is 0.825. The van der Waals surface area contributed by atoms with Gasteiger partial charge in [-0.25, -0.2) is 0 Å². The minimum Gasteiger partial charge on any atom is -0.380 e. The Labute approximate surface area is 96.8 Å². The van der Waals surface area contributed by atoms with Crippen LogP contribution in [0.4, 0.5) is 0 Å². The number of fused-ring (bicyclic) bond motifs is 1. The zero-order valence-electron chi connectivity index (χ0n) is 9.91. The Balaban J connectivity index is 1.73. The van der Waals surface area contributed by atoms with Crippen molar-refractivity contribution in [2.24, 2.45) is 0 Å². The lowest BCUT2D eigenvalue weighted by Crippen LogP contribution is -2.43. The molecule has 0 spiro atoms. The van der Waals surface area contributed by atoms with Crippen LogP contribution in [0.2, 0.25) is 0 Å². The number of rotatable bonds is 2. The van der Waals surface area contributed by atoms with Crippen molar-refractivity contribution in [3.63, 3.8) is 0 Å². The minimum atomic E-state index is 0.459. The summed E-state index contributed by atoms with van der Waals surface area (Å²) in [6.07, 6.45) is 7.54. The summed E-state index contributed by atoms with van der Waals surface area (Å²) in [7, 11) is 1.86. The fourth-order valence-electron chi connectivity index (χ4n) is 3.25. The largest absolute Gasteiger partial charge is 0.380 e. The number of hydrogen-bond donors (Lipinski definition) is 1. The molecule has 3 rings (SSSR count). The number of methoxy groups -OCH3 is 1. The standard InChI is InChI=1S/C13H20N2O/c1-16-13-4-2-3-12(13)15-8-6-11-10(9-15)5-7-14-11/h5,7,12-14H,2-4,6,8-9H2,1H3. The van der Waals surface area contributed by atoms with Crippen LogP contribution in [0.3, 0.4) is 0 Å². The first kappa shape index (κ1) is 10.4. The summed E-state index contributed by atoms with van der Waals surface area (Å²) >= 11 is 0. The zero-order chi connectivity index (χ0) is 11.0. The van der Waals surface area contributed by atoms with Gasteiger partial charge in [-0.2, -0.15) is 0 Å². The molecule has 1 N–H and O–H groups in total. The summed E-state index contributed by atoms with van der Waals surface area (Å²) in [6.45, 7) is 2.28. The molecule has 1 aromatic heterocycles. The van der Waals surface area contributed by atoms with Gasteiger partial charge in [-0.1, -0.05) is 0 Å². The molecule has 1 saturated carbocycles. The van der Waals surface area contributed by atoms with Gasteiger partial charge < -0.3 is 9.72 Å². The molecule has 0 bridgehead atoms. The van der Waals surface area contributed by atoms with E-state index < -0.39 is 0 Å². The lowest BCUT2D eigenvalue weighted by molar-refractivity contribution is 0.0270. The SMILES string of the molecule is COC1CCCC1N1CCc2[nH]ccc2C1. The molecule has 1 aliphatic heterocycles. The molecular formula is C13H20N2O. The lowest BCUT2D eigenvalue weighted by atomic mass is 10.0. The van der Waals surface area contributed by atoms with Gasteiger partial charge in [-0.3, -0.25) is 4.90 Å². The van der Waals surface area contributed by atoms with Crippen LogP contribution in [0.1, 0.15) is 30.5 Å². The number of nitrogens with one attached hydrogen (secondary N) is 1. The van der Waals surface area contributed by atoms with Crippen LogP contribution in [0.25, 0.3) is 0 Å². The van der Waals surface area contributed by atoms with Crippen molar-refractivity contribution in [2.45, 2.75) is 44.4 Å². The average Bonchev–Trinajstić information content (AvgIpc) is 2.96. The van der Waals surface area contributed by atoms with E-state index in [0.717, 1.165) is 13.0 Å². The van der Waals surface area contributed by atoms with E-state index in [2.05, 4.69) is 22.1 Å². The van der Waals surface area contributed by atoms with E-state index in [1.54, 1.807) is 0 Å². The second-order valence-corrected chi connectivity index (χ2v) is 4.97. The maximum atomic E-state index is 5.60. The second-order valence-electron chi connectivity index (χ2n) is 4.97. The first-order valence-electron chi connectivity index (χ1n) is 6.30. The van der Waals surface area contributed by atoms with Gasteiger partial charge in [0.25, 0.3) is 0 Å². The van der Waals surface area contributed by atoms with Gasteiger partial charge in [-0.15, -0.1) is 0 Å². The number of H-pyrrole nitrogens is 1. The van der Waals surface area contributed by atoms with Crippen molar-refractivity contribution in [2.75, 3.05) is 13.7 Å². The van der Waals surface area contributed by atoms with Crippen LogP contribution in [0, 0.1) is 0 Å². The Morgan fingerprint density at radius 3 is 3.25 bits per heavy atom. The van der Waals surface area contributed by atoms with Crippen LogP contribution in [0.15, 0.2) is 12.3 Å². The normalized spacial score (nSPS) is 30.6. The van der Waals surface area contributed by atoms with E-state index in [1.165, 1.54) is 37.1 Å². The predicted molar refractivity (Wildman–Crippen MR) is 63.3 cm³/mol. The fraction of sp³-hybridized carbons (Fsp3) is 0.692. The number of aromatic nitrogens is 1. The maximum absolute atomic E-state index is 5.60. The third-order valence-electron chi connectivity index (χ3n) is 4.14. The molecule has 1 aliphatic carbocycles. The molecule has 2 atom stereocenters. The summed E-state index contributed by atoms with van der Waals surface area (Å²) < 4.78 is 5.60. The highest BCUT2D eigenvalue weighted by molar-refractivity contribution is 5.23. The molecule has 0 radical (unpaired) electrons. The predicted octanol–water partition coefficient (Wildman–Crippen LogP) is 1.94. The Morgan fingerprint density at radius 2 is 2.38 bits per heavy atom. The Kier molecular flexibility index (Phi) is 2.74. The van der Waals surface area contributed by atoms with Crippen LogP contribution < -0.4 is 0 Å². The Hall–Kier alpha value is -0.800. The van der Waals surface area contributed by atoms with Gasteiger partial charge >= 0.3 is 0 Å². The van der Waals surface area contributed by atoms with E-state index in [9.17, 15) is 0 Å². The smallest absolute Gasteiger partial charge is 0.0726 e. The average molecular weight is 220 g/mol. The lowest BCUT2D eigenvalue weighted by Gasteiger charge is -2.35. The van der Waals surface area contributed by atoms with Crippen LogP contribution in [-0.2, 0) is 17.7 Å². The Bertz CT molecular complexity index is 361. The Morgan fingerprint density at radius 1 is 1.44 bits per heavy atom. The molecule has 1 aromatic rings. The first-order chi connectivity index (χ1) is 7.88. The number of aromatic amines is 1. The van der Waals surface area contributed by atoms with Gasteiger partial charge in [0.2, 0.25) is 0 Å².